The molecule has 0 radical (unpaired) electrons. The second-order valence-corrected chi connectivity index (χ2v) is 5.65. The Hall–Kier alpha value is -3.68. The molecule has 0 aliphatic carbocycles. The molecule has 26 heavy (non-hydrogen) atoms. The van der Waals surface area contributed by atoms with Gasteiger partial charge in [0.25, 0.3) is 11.7 Å². The zero-order valence-electron chi connectivity index (χ0n) is 13.7. The number of pyridine rings is 1. The maximum atomic E-state index is 14.0. The standard InChI is InChI=1S/C18H13FN6O/c1-11-5-4-7-13(19)16(11)25-23-17(22-24-25)18(26)21-15-10-9-12-6-2-3-8-14(12)20-15/h2-10H,1H3,(H,20,21,26). The van der Waals surface area contributed by atoms with E-state index in [9.17, 15) is 9.18 Å². The summed E-state index contributed by atoms with van der Waals surface area (Å²) < 4.78 is 14.0. The molecule has 0 fully saturated rings. The van der Waals surface area contributed by atoms with E-state index in [0.29, 0.717) is 11.4 Å². The number of anilines is 1. The molecule has 0 saturated heterocycles. The van der Waals surface area contributed by atoms with Crippen LogP contribution in [0.1, 0.15) is 16.2 Å². The fourth-order valence-corrected chi connectivity index (χ4v) is 2.58. The Labute approximate surface area is 147 Å². The van der Waals surface area contributed by atoms with Crippen LogP contribution in [0, 0.1) is 12.7 Å². The number of nitrogens with zero attached hydrogens (tertiary/aromatic N) is 5. The van der Waals surface area contributed by atoms with E-state index < -0.39 is 11.7 Å². The fourth-order valence-electron chi connectivity index (χ4n) is 2.58. The van der Waals surface area contributed by atoms with Crippen LogP contribution in [-0.4, -0.2) is 31.1 Å². The third-order valence-corrected chi connectivity index (χ3v) is 3.85. The van der Waals surface area contributed by atoms with Gasteiger partial charge in [0, 0.05) is 5.39 Å². The second-order valence-electron chi connectivity index (χ2n) is 5.65. The quantitative estimate of drug-likeness (QED) is 0.615. The van der Waals surface area contributed by atoms with Crippen molar-refractivity contribution < 1.29 is 9.18 Å². The van der Waals surface area contributed by atoms with Crippen LogP contribution in [0.5, 0.6) is 0 Å². The summed E-state index contributed by atoms with van der Waals surface area (Å²) in [6.07, 6.45) is 0. The number of para-hydroxylation sites is 2. The van der Waals surface area contributed by atoms with E-state index in [1.165, 1.54) is 6.07 Å². The number of amides is 1. The Morgan fingerprint density at radius 1 is 1.08 bits per heavy atom. The first-order valence-corrected chi connectivity index (χ1v) is 7.84. The average molecular weight is 348 g/mol. The molecule has 0 unspecified atom stereocenters. The van der Waals surface area contributed by atoms with Crippen LogP contribution in [0.15, 0.2) is 54.6 Å². The Kier molecular flexibility index (Phi) is 3.85. The second kappa shape index (κ2) is 6.32. The van der Waals surface area contributed by atoms with Gasteiger partial charge >= 0.3 is 0 Å². The van der Waals surface area contributed by atoms with Crippen molar-refractivity contribution in [2.75, 3.05) is 5.32 Å². The number of rotatable bonds is 3. The van der Waals surface area contributed by atoms with Crippen LogP contribution < -0.4 is 5.32 Å². The fraction of sp³-hybridized carbons (Fsp3) is 0.0556. The molecule has 1 N–H and O–H groups in total. The first kappa shape index (κ1) is 15.8. The Morgan fingerprint density at radius 3 is 2.77 bits per heavy atom. The molecule has 4 rings (SSSR count). The Morgan fingerprint density at radius 2 is 1.92 bits per heavy atom. The average Bonchev–Trinajstić information content (AvgIpc) is 3.11. The van der Waals surface area contributed by atoms with Gasteiger partial charge in [0.15, 0.2) is 5.82 Å². The highest BCUT2D eigenvalue weighted by atomic mass is 19.1. The van der Waals surface area contributed by atoms with Crippen LogP contribution in [0.4, 0.5) is 10.2 Å². The number of tetrazole rings is 1. The topological polar surface area (TPSA) is 85.6 Å². The number of carbonyl (C=O) groups is 1. The molecule has 0 saturated carbocycles. The largest absolute Gasteiger partial charge is 0.304 e. The summed E-state index contributed by atoms with van der Waals surface area (Å²) in [5.74, 6) is -0.881. The van der Waals surface area contributed by atoms with Gasteiger partial charge in [0.2, 0.25) is 0 Å². The molecule has 7 nitrogen and oxygen atoms in total. The Balaban J connectivity index is 1.60. The summed E-state index contributed by atoms with van der Waals surface area (Å²) in [6, 6.07) is 15.7. The minimum absolute atomic E-state index is 0.155. The SMILES string of the molecule is Cc1cccc(F)c1-n1nnc(C(=O)Nc2ccc3ccccc3n2)n1. The smallest absolute Gasteiger partial charge is 0.298 e. The maximum absolute atomic E-state index is 14.0. The van der Waals surface area contributed by atoms with Gasteiger partial charge in [-0.25, -0.2) is 9.37 Å². The van der Waals surface area contributed by atoms with Crippen LogP contribution in [0.25, 0.3) is 16.6 Å². The lowest BCUT2D eigenvalue weighted by Gasteiger charge is -2.04. The molecule has 0 spiro atoms. The molecular formula is C18H13FN6O. The van der Waals surface area contributed by atoms with Gasteiger partial charge < -0.3 is 5.32 Å². The predicted octanol–water partition coefficient (Wildman–Crippen LogP) is 2.91. The molecule has 0 bridgehead atoms. The number of hydrogen-bond acceptors (Lipinski definition) is 5. The summed E-state index contributed by atoms with van der Waals surface area (Å²) in [7, 11) is 0. The van der Waals surface area contributed by atoms with Crippen molar-refractivity contribution in [2.24, 2.45) is 0 Å². The lowest BCUT2D eigenvalue weighted by Crippen LogP contribution is -2.15. The van der Waals surface area contributed by atoms with Gasteiger partial charge in [0.05, 0.1) is 5.52 Å². The van der Waals surface area contributed by atoms with Crippen molar-refractivity contribution in [3.8, 4) is 5.69 Å². The lowest BCUT2D eigenvalue weighted by atomic mass is 10.2. The third kappa shape index (κ3) is 2.88. The van der Waals surface area contributed by atoms with Crippen LogP contribution in [0.3, 0.4) is 0 Å². The zero-order valence-corrected chi connectivity index (χ0v) is 13.7. The summed E-state index contributed by atoms with van der Waals surface area (Å²) in [5, 5.41) is 15.0. The summed E-state index contributed by atoms with van der Waals surface area (Å²) in [6.45, 7) is 1.72. The first-order valence-electron chi connectivity index (χ1n) is 7.84. The molecule has 1 amide bonds. The van der Waals surface area contributed by atoms with Gasteiger partial charge in [-0.2, -0.15) is 0 Å². The molecule has 0 atom stereocenters. The van der Waals surface area contributed by atoms with Crippen LogP contribution in [-0.2, 0) is 0 Å². The predicted molar refractivity (Wildman–Crippen MR) is 93.5 cm³/mol. The molecule has 0 aliphatic rings. The van der Waals surface area contributed by atoms with E-state index in [-0.39, 0.29) is 11.5 Å². The van der Waals surface area contributed by atoms with Crippen molar-refractivity contribution in [3.05, 3.63) is 71.8 Å². The van der Waals surface area contributed by atoms with E-state index in [1.807, 2.05) is 30.3 Å². The molecular weight excluding hydrogens is 335 g/mol. The molecule has 2 aromatic carbocycles. The van der Waals surface area contributed by atoms with Crippen molar-refractivity contribution in [1.29, 1.82) is 0 Å². The summed E-state index contributed by atoms with van der Waals surface area (Å²) in [5.41, 5.74) is 1.54. The number of hydrogen-bond donors (Lipinski definition) is 1. The number of halogens is 1. The van der Waals surface area contributed by atoms with Crippen LogP contribution in [0.2, 0.25) is 0 Å². The number of fused-ring (bicyclic) bond motifs is 1. The number of nitrogens with one attached hydrogen (secondary N) is 1. The molecule has 2 heterocycles. The highest BCUT2D eigenvalue weighted by Gasteiger charge is 2.17. The number of aromatic nitrogens is 5. The molecule has 8 heteroatoms. The van der Waals surface area contributed by atoms with Crippen molar-refractivity contribution in [2.45, 2.75) is 6.92 Å². The number of aryl methyl sites for hydroxylation is 1. The van der Waals surface area contributed by atoms with Gasteiger partial charge in [-0.05, 0) is 42.0 Å². The van der Waals surface area contributed by atoms with Gasteiger partial charge in [0.1, 0.15) is 11.5 Å². The summed E-state index contributed by atoms with van der Waals surface area (Å²) >= 11 is 0. The zero-order chi connectivity index (χ0) is 18.1. The van der Waals surface area contributed by atoms with Crippen LogP contribution >= 0.6 is 0 Å². The Bertz CT molecular complexity index is 1100. The van der Waals surface area contributed by atoms with E-state index in [4.69, 9.17) is 0 Å². The molecule has 4 aromatic rings. The van der Waals surface area contributed by atoms with Gasteiger partial charge in [-0.1, -0.05) is 30.3 Å². The first-order chi connectivity index (χ1) is 12.6. The van der Waals surface area contributed by atoms with Crippen molar-refractivity contribution in [3.63, 3.8) is 0 Å². The van der Waals surface area contributed by atoms with E-state index >= 15 is 0 Å². The molecule has 0 aliphatic heterocycles. The highest BCUT2D eigenvalue weighted by molar-refractivity contribution is 6.01. The van der Waals surface area contributed by atoms with E-state index in [1.54, 1.807) is 25.1 Å². The summed E-state index contributed by atoms with van der Waals surface area (Å²) in [4.78, 5) is 17.7. The molecule has 2 aromatic heterocycles. The van der Waals surface area contributed by atoms with Gasteiger partial charge in [-0.15, -0.1) is 15.0 Å². The monoisotopic (exact) mass is 348 g/mol. The van der Waals surface area contributed by atoms with E-state index in [0.717, 1.165) is 15.7 Å². The van der Waals surface area contributed by atoms with Crippen molar-refractivity contribution in [1.82, 2.24) is 25.2 Å². The highest BCUT2D eigenvalue weighted by Crippen LogP contribution is 2.17. The van der Waals surface area contributed by atoms with E-state index in [2.05, 4.69) is 25.7 Å². The normalized spacial score (nSPS) is 10.8. The third-order valence-electron chi connectivity index (χ3n) is 3.85. The maximum Gasteiger partial charge on any atom is 0.298 e. The minimum Gasteiger partial charge on any atom is -0.304 e. The van der Waals surface area contributed by atoms with Gasteiger partial charge in [-0.3, -0.25) is 4.79 Å². The lowest BCUT2D eigenvalue weighted by molar-refractivity contribution is 0.101. The number of benzene rings is 2. The minimum atomic E-state index is -0.576. The van der Waals surface area contributed by atoms with Crippen molar-refractivity contribution >= 4 is 22.6 Å². The molecule has 128 valence electrons. The number of carbonyl (C=O) groups excluding carboxylic acids is 1.